The van der Waals surface area contributed by atoms with E-state index in [-0.39, 0.29) is 5.91 Å². The standard InChI is InChI=1S/C13H17BClNO3S/c15-10-4-5-11-12(8-10)20-9-13(17)16(11)7-3-1-2-6-14(18)19/h4-5,8,18-19H,1-3,6-7,9H2. The summed E-state index contributed by atoms with van der Waals surface area (Å²) in [7, 11) is -1.23. The molecule has 0 unspecified atom stereocenters. The van der Waals surface area contributed by atoms with Crippen LogP contribution in [-0.4, -0.2) is 35.4 Å². The Hall–Kier alpha value is -0.685. The maximum Gasteiger partial charge on any atom is 0.451 e. The predicted molar refractivity (Wildman–Crippen MR) is 83.4 cm³/mol. The fraction of sp³-hybridized carbons (Fsp3) is 0.462. The Labute approximate surface area is 128 Å². The van der Waals surface area contributed by atoms with E-state index >= 15 is 0 Å². The van der Waals surface area contributed by atoms with Crippen LogP contribution in [0.5, 0.6) is 0 Å². The molecule has 1 amide bonds. The summed E-state index contributed by atoms with van der Waals surface area (Å²) >= 11 is 7.49. The number of fused-ring (bicyclic) bond motifs is 1. The molecule has 20 heavy (non-hydrogen) atoms. The summed E-state index contributed by atoms with van der Waals surface area (Å²) in [5, 5.41) is 18.2. The molecule has 2 rings (SSSR count). The molecule has 1 aliphatic rings. The van der Waals surface area contributed by atoms with Gasteiger partial charge in [-0.25, -0.2) is 0 Å². The molecule has 1 heterocycles. The van der Waals surface area contributed by atoms with Gasteiger partial charge in [0.15, 0.2) is 0 Å². The Kier molecular flexibility index (Phi) is 5.78. The Bertz CT molecular complexity index is 487. The maximum atomic E-state index is 12.0. The van der Waals surface area contributed by atoms with E-state index in [4.69, 9.17) is 21.6 Å². The minimum atomic E-state index is -1.23. The molecular weight excluding hydrogens is 296 g/mol. The third-order valence-corrected chi connectivity index (χ3v) is 4.47. The summed E-state index contributed by atoms with van der Waals surface area (Å²) in [6, 6.07) is 5.58. The molecule has 0 aliphatic carbocycles. The monoisotopic (exact) mass is 313 g/mol. The van der Waals surface area contributed by atoms with Gasteiger partial charge in [0.2, 0.25) is 5.91 Å². The fourth-order valence-corrected chi connectivity index (χ4v) is 3.41. The van der Waals surface area contributed by atoms with Crippen LogP contribution in [0.1, 0.15) is 19.3 Å². The van der Waals surface area contributed by atoms with Crippen molar-refractivity contribution in [3.8, 4) is 0 Å². The van der Waals surface area contributed by atoms with Crippen LogP contribution in [0.4, 0.5) is 5.69 Å². The van der Waals surface area contributed by atoms with Crippen molar-refractivity contribution in [3.05, 3.63) is 23.2 Å². The molecule has 0 fully saturated rings. The third kappa shape index (κ3) is 4.15. The average Bonchev–Trinajstić information content (AvgIpc) is 2.40. The molecule has 108 valence electrons. The van der Waals surface area contributed by atoms with Crippen molar-refractivity contribution in [1.29, 1.82) is 0 Å². The normalized spacial score (nSPS) is 14.3. The van der Waals surface area contributed by atoms with Crippen LogP contribution in [-0.2, 0) is 4.79 Å². The first-order valence-electron chi connectivity index (χ1n) is 6.67. The Morgan fingerprint density at radius 1 is 1.30 bits per heavy atom. The first-order chi connectivity index (χ1) is 9.58. The molecule has 0 saturated carbocycles. The van der Waals surface area contributed by atoms with Crippen molar-refractivity contribution in [2.75, 3.05) is 17.2 Å². The van der Waals surface area contributed by atoms with Gasteiger partial charge in [-0.05, 0) is 30.9 Å². The lowest BCUT2D eigenvalue weighted by atomic mass is 9.83. The summed E-state index contributed by atoms with van der Waals surface area (Å²) in [5.74, 6) is 0.565. The summed E-state index contributed by atoms with van der Waals surface area (Å²) in [6.45, 7) is 0.662. The van der Waals surface area contributed by atoms with Gasteiger partial charge in [-0.15, -0.1) is 11.8 Å². The van der Waals surface area contributed by atoms with Crippen LogP contribution in [0.15, 0.2) is 23.1 Å². The number of hydrogen-bond acceptors (Lipinski definition) is 4. The van der Waals surface area contributed by atoms with Crippen LogP contribution in [0.3, 0.4) is 0 Å². The van der Waals surface area contributed by atoms with Gasteiger partial charge in [0.25, 0.3) is 0 Å². The van der Waals surface area contributed by atoms with Crippen LogP contribution in [0, 0.1) is 0 Å². The summed E-state index contributed by atoms with van der Waals surface area (Å²) in [4.78, 5) is 14.9. The number of nitrogens with zero attached hydrogens (tertiary/aromatic N) is 1. The largest absolute Gasteiger partial charge is 0.451 e. The van der Waals surface area contributed by atoms with Crippen LogP contribution in [0.25, 0.3) is 0 Å². The molecule has 0 aromatic heterocycles. The van der Waals surface area contributed by atoms with Gasteiger partial charge in [-0.2, -0.15) is 0 Å². The smallest absolute Gasteiger partial charge is 0.427 e. The number of hydrogen-bond donors (Lipinski definition) is 2. The molecule has 0 atom stereocenters. The second kappa shape index (κ2) is 7.36. The number of halogens is 1. The zero-order chi connectivity index (χ0) is 14.5. The van der Waals surface area contributed by atoms with Gasteiger partial charge in [-0.1, -0.05) is 24.4 Å². The van der Waals surface area contributed by atoms with Gasteiger partial charge in [0.1, 0.15) is 0 Å². The lowest BCUT2D eigenvalue weighted by Crippen LogP contribution is -2.36. The maximum absolute atomic E-state index is 12.0. The number of carbonyl (C=O) groups excluding carboxylic acids is 1. The van der Waals surface area contributed by atoms with Crippen molar-refractivity contribution in [1.82, 2.24) is 0 Å². The van der Waals surface area contributed by atoms with E-state index in [0.717, 1.165) is 29.8 Å². The van der Waals surface area contributed by atoms with E-state index < -0.39 is 7.12 Å². The van der Waals surface area contributed by atoms with Gasteiger partial charge >= 0.3 is 7.12 Å². The summed E-state index contributed by atoms with van der Waals surface area (Å²) < 4.78 is 0. The van der Waals surface area contributed by atoms with E-state index in [0.29, 0.717) is 23.6 Å². The molecule has 2 N–H and O–H groups in total. The highest BCUT2D eigenvalue weighted by Gasteiger charge is 2.24. The Morgan fingerprint density at radius 2 is 2.10 bits per heavy atom. The van der Waals surface area contributed by atoms with Crippen molar-refractivity contribution in [3.63, 3.8) is 0 Å². The van der Waals surface area contributed by atoms with Crippen LogP contribution in [0.2, 0.25) is 11.3 Å². The molecule has 1 aliphatic heterocycles. The van der Waals surface area contributed by atoms with E-state index in [1.807, 2.05) is 12.1 Å². The average molecular weight is 314 g/mol. The Morgan fingerprint density at radius 3 is 2.85 bits per heavy atom. The molecule has 0 bridgehead atoms. The Balaban J connectivity index is 1.92. The number of carbonyl (C=O) groups is 1. The molecule has 1 aromatic rings. The van der Waals surface area contributed by atoms with Gasteiger partial charge in [-0.3, -0.25) is 4.79 Å². The molecule has 0 saturated heterocycles. The first kappa shape index (κ1) is 15.7. The number of rotatable bonds is 6. The number of unbranched alkanes of at least 4 members (excludes halogenated alkanes) is 2. The lowest BCUT2D eigenvalue weighted by Gasteiger charge is -2.29. The summed E-state index contributed by atoms with van der Waals surface area (Å²) in [6.07, 6.45) is 2.86. The minimum absolute atomic E-state index is 0.118. The van der Waals surface area contributed by atoms with Crippen molar-refractivity contribution < 1.29 is 14.8 Å². The molecule has 7 heteroatoms. The topological polar surface area (TPSA) is 60.8 Å². The van der Waals surface area contributed by atoms with E-state index in [2.05, 4.69) is 0 Å². The molecule has 0 radical (unpaired) electrons. The highest BCUT2D eigenvalue weighted by atomic mass is 35.5. The van der Waals surface area contributed by atoms with Crippen LogP contribution < -0.4 is 4.90 Å². The SMILES string of the molecule is O=C1CSc2cc(Cl)ccc2N1CCCCCB(O)O. The van der Waals surface area contributed by atoms with Gasteiger partial charge < -0.3 is 14.9 Å². The number of thioether (sulfide) groups is 1. The van der Waals surface area contributed by atoms with E-state index in [9.17, 15) is 4.79 Å². The lowest BCUT2D eigenvalue weighted by molar-refractivity contribution is -0.116. The van der Waals surface area contributed by atoms with Crippen LogP contribution >= 0.6 is 23.4 Å². The number of benzene rings is 1. The predicted octanol–water partition coefficient (Wildman–Crippen LogP) is 2.42. The van der Waals surface area contributed by atoms with Gasteiger partial charge in [0, 0.05) is 16.5 Å². The molecular formula is C13H17BClNO3S. The highest BCUT2D eigenvalue weighted by Crippen LogP contribution is 2.37. The third-order valence-electron chi connectivity index (χ3n) is 3.21. The highest BCUT2D eigenvalue weighted by molar-refractivity contribution is 8.00. The van der Waals surface area contributed by atoms with E-state index in [1.54, 1.807) is 11.0 Å². The van der Waals surface area contributed by atoms with Crippen molar-refractivity contribution >= 4 is 42.1 Å². The zero-order valence-electron chi connectivity index (χ0n) is 11.1. The minimum Gasteiger partial charge on any atom is -0.427 e. The number of amides is 1. The van der Waals surface area contributed by atoms with Crippen molar-refractivity contribution in [2.45, 2.75) is 30.5 Å². The second-order valence-electron chi connectivity index (χ2n) is 4.78. The molecule has 1 aromatic carbocycles. The number of anilines is 1. The first-order valence-corrected chi connectivity index (χ1v) is 8.03. The second-order valence-corrected chi connectivity index (χ2v) is 6.23. The van der Waals surface area contributed by atoms with E-state index in [1.165, 1.54) is 11.8 Å². The zero-order valence-corrected chi connectivity index (χ0v) is 12.7. The van der Waals surface area contributed by atoms with Gasteiger partial charge in [0.05, 0.1) is 11.4 Å². The molecule has 4 nitrogen and oxygen atoms in total. The quantitative estimate of drug-likeness (QED) is 0.625. The fourth-order valence-electron chi connectivity index (χ4n) is 2.20. The summed E-state index contributed by atoms with van der Waals surface area (Å²) in [5.41, 5.74) is 0.929. The molecule has 0 spiro atoms. The van der Waals surface area contributed by atoms with Crippen molar-refractivity contribution in [2.24, 2.45) is 0 Å².